The van der Waals surface area contributed by atoms with Crippen molar-refractivity contribution >= 4 is 11.3 Å². The molecule has 0 aromatic carbocycles. The van der Waals surface area contributed by atoms with Crippen molar-refractivity contribution in [3.8, 4) is 0 Å². The lowest BCUT2D eigenvalue weighted by molar-refractivity contribution is 0.194. The third-order valence-corrected chi connectivity index (χ3v) is 3.37. The van der Waals surface area contributed by atoms with E-state index in [1.54, 1.807) is 11.3 Å². The summed E-state index contributed by atoms with van der Waals surface area (Å²) in [5, 5.41) is 13.8. The Morgan fingerprint density at radius 3 is 3.21 bits per heavy atom. The Labute approximate surface area is 87.7 Å². The second kappa shape index (κ2) is 4.82. The highest BCUT2D eigenvalue weighted by Crippen LogP contribution is 2.27. The van der Waals surface area contributed by atoms with E-state index in [1.807, 2.05) is 0 Å². The third-order valence-electron chi connectivity index (χ3n) is 2.29. The van der Waals surface area contributed by atoms with Crippen molar-refractivity contribution in [3.63, 3.8) is 0 Å². The third kappa shape index (κ3) is 2.29. The monoisotopic (exact) mass is 213 g/mol. The van der Waals surface area contributed by atoms with E-state index < -0.39 is 0 Å². The summed E-state index contributed by atoms with van der Waals surface area (Å²) in [6, 6.07) is 0. The van der Waals surface area contributed by atoms with Crippen LogP contribution in [0, 0.1) is 0 Å². The molecule has 1 unspecified atom stereocenters. The minimum atomic E-state index is 0.489. The Balaban J connectivity index is 1.94. The molecule has 4 nitrogen and oxygen atoms in total. The molecule has 1 aliphatic heterocycles. The van der Waals surface area contributed by atoms with E-state index in [9.17, 15) is 0 Å². The average molecular weight is 213 g/mol. The van der Waals surface area contributed by atoms with Crippen LogP contribution in [-0.4, -0.2) is 30.0 Å². The van der Waals surface area contributed by atoms with E-state index in [0.29, 0.717) is 5.92 Å². The molecule has 78 valence electrons. The molecule has 1 fully saturated rings. The van der Waals surface area contributed by atoms with Gasteiger partial charge in [-0.1, -0.05) is 18.3 Å². The van der Waals surface area contributed by atoms with Gasteiger partial charge in [0, 0.05) is 19.1 Å². The zero-order valence-electron chi connectivity index (χ0n) is 8.32. The van der Waals surface area contributed by atoms with E-state index in [-0.39, 0.29) is 0 Å². The molecular weight excluding hydrogens is 198 g/mol. The number of ether oxygens (including phenoxy) is 1. The molecule has 0 radical (unpaired) electrons. The van der Waals surface area contributed by atoms with Gasteiger partial charge in [-0.2, -0.15) is 0 Å². The Morgan fingerprint density at radius 1 is 1.57 bits per heavy atom. The number of nitrogens with zero attached hydrogens (tertiary/aromatic N) is 2. The molecule has 0 spiro atoms. The summed E-state index contributed by atoms with van der Waals surface area (Å²) in [6.45, 7) is 5.58. The first-order chi connectivity index (χ1) is 6.90. The lowest BCUT2D eigenvalue weighted by Gasteiger charge is -1.99. The van der Waals surface area contributed by atoms with Crippen LogP contribution in [0.15, 0.2) is 0 Å². The number of aromatic nitrogens is 2. The lowest BCUT2D eigenvalue weighted by atomic mass is 10.1. The van der Waals surface area contributed by atoms with Gasteiger partial charge in [-0.3, -0.25) is 0 Å². The van der Waals surface area contributed by atoms with Gasteiger partial charge < -0.3 is 10.1 Å². The number of rotatable bonds is 4. The first-order valence-electron chi connectivity index (χ1n) is 5.01. The molecule has 2 heterocycles. The molecule has 0 bridgehead atoms. The van der Waals surface area contributed by atoms with Crippen molar-refractivity contribution < 1.29 is 4.74 Å². The van der Waals surface area contributed by atoms with Crippen molar-refractivity contribution in [2.75, 3.05) is 19.8 Å². The molecule has 1 aromatic rings. The largest absolute Gasteiger partial charge is 0.381 e. The Hall–Kier alpha value is -0.520. The molecule has 0 aliphatic carbocycles. The fourth-order valence-electron chi connectivity index (χ4n) is 1.46. The van der Waals surface area contributed by atoms with Crippen molar-refractivity contribution in [3.05, 3.63) is 10.0 Å². The van der Waals surface area contributed by atoms with Crippen molar-refractivity contribution in [2.24, 2.45) is 0 Å². The van der Waals surface area contributed by atoms with E-state index in [0.717, 1.165) is 42.7 Å². The molecule has 0 saturated carbocycles. The number of hydrogen-bond donors (Lipinski definition) is 1. The van der Waals surface area contributed by atoms with E-state index in [2.05, 4.69) is 22.4 Å². The van der Waals surface area contributed by atoms with Crippen molar-refractivity contribution in [1.29, 1.82) is 0 Å². The van der Waals surface area contributed by atoms with Crippen LogP contribution in [0.1, 0.15) is 29.3 Å². The molecule has 2 rings (SSSR count). The maximum atomic E-state index is 5.33. The Kier molecular flexibility index (Phi) is 3.44. The maximum absolute atomic E-state index is 5.33. The van der Waals surface area contributed by atoms with E-state index in [1.165, 1.54) is 0 Å². The molecule has 1 saturated heterocycles. The molecule has 5 heteroatoms. The van der Waals surface area contributed by atoms with Crippen LogP contribution in [-0.2, 0) is 11.3 Å². The maximum Gasteiger partial charge on any atom is 0.131 e. The van der Waals surface area contributed by atoms with Gasteiger partial charge >= 0.3 is 0 Å². The zero-order valence-corrected chi connectivity index (χ0v) is 9.14. The number of hydrogen-bond acceptors (Lipinski definition) is 5. The summed E-state index contributed by atoms with van der Waals surface area (Å²) >= 11 is 1.71. The SMILES string of the molecule is CCNCc1nnc(C2CCOC2)s1. The second-order valence-corrected chi connectivity index (χ2v) is 4.47. The second-order valence-electron chi connectivity index (χ2n) is 3.37. The molecule has 0 amide bonds. The van der Waals surface area contributed by atoms with Crippen LogP contribution in [0.3, 0.4) is 0 Å². The standard InChI is InChI=1S/C9H15N3OS/c1-2-10-5-8-11-12-9(14-8)7-3-4-13-6-7/h7,10H,2-6H2,1H3. The summed E-state index contributed by atoms with van der Waals surface area (Å²) in [5.74, 6) is 0.489. The number of nitrogens with one attached hydrogen (secondary N) is 1. The van der Waals surface area contributed by atoms with Gasteiger partial charge in [0.1, 0.15) is 10.0 Å². The quantitative estimate of drug-likeness (QED) is 0.815. The summed E-state index contributed by atoms with van der Waals surface area (Å²) in [7, 11) is 0. The first kappa shape index (κ1) is 10.0. The summed E-state index contributed by atoms with van der Waals surface area (Å²) in [6.07, 6.45) is 1.09. The minimum absolute atomic E-state index is 0.489. The predicted octanol–water partition coefficient (Wildman–Crippen LogP) is 1.15. The van der Waals surface area contributed by atoms with Gasteiger partial charge in [0.25, 0.3) is 0 Å². The average Bonchev–Trinajstić information content (AvgIpc) is 2.85. The highest BCUT2D eigenvalue weighted by atomic mass is 32.1. The molecular formula is C9H15N3OS. The van der Waals surface area contributed by atoms with Gasteiger partial charge in [-0.25, -0.2) is 0 Å². The van der Waals surface area contributed by atoms with Gasteiger partial charge in [0.2, 0.25) is 0 Å². The summed E-state index contributed by atoms with van der Waals surface area (Å²) < 4.78 is 5.33. The smallest absolute Gasteiger partial charge is 0.131 e. The van der Waals surface area contributed by atoms with Crippen molar-refractivity contribution in [2.45, 2.75) is 25.8 Å². The summed E-state index contributed by atoms with van der Waals surface area (Å²) in [4.78, 5) is 0. The molecule has 1 aromatic heterocycles. The van der Waals surface area contributed by atoms with Crippen LogP contribution >= 0.6 is 11.3 Å². The van der Waals surface area contributed by atoms with E-state index in [4.69, 9.17) is 4.74 Å². The summed E-state index contributed by atoms with van der Waals surface area (Å²) in [5.41, 5.74) is 0. The predicted molar refractivity (Wildman–Crippen MR) is 55.5 cm³/mol. The fraction of sp³-hybridized carbons (Fsp3) is 0.778. The lowest BCUT2D eigenvalue weighted by Crippen LogP contribution is -2.11. The molecule has 1 atom stereocenters. The van der Waals surface area contributed by atoms with Gasteiger partial charge in [0.15, 0.2) is 0 Å². The van der Waals surface area contributed by atoms with Crippen LogP contribution < -0.4 is 5.32 Å². The van der Waals surface area contributed by atoms with Crippen LogP contribution in [0.5, 0.6) is 0 Å². The molecule has 14 heavy (non-hydrogen) atoms. The van der Waals surface area contributed by atoms with Gasteiger partial charge in [-0.15, -0.1) is 10.2 Å². The highest BCUT2D eigenvalue weighted by molar-refractivity contribution is 7.11. The normalized spacial score (nSPS) is 21.6. The van der Waals surface area contributed by atoms with E-state index >= 15 is 0 Å². The Morgan fingerprint density at radius 2 is 2.50 bits per heavy atom. The highest BCUT2D eigenvalue weighted by Gasteiger charge is 2.21. The topological polar surface area (TPSA) is 47.0 Å². The zero-order chi connectivity index (χ0) is 9.80. The van der Waals surface area contributed by atoms with Crippen LogP contribution in [0.4, 0.5) is 0 Å². The van der Waals surface area contributed by atoms with Gasteiger partial charge in [0.05, 0.1) is 6.61 Å². The van der Waals surface area contributed by atoms with Crippen molar-refractivity contribution in [1.82, 2.24) is 15.5 Å². The molecule has 1 aliphatic rings. The van der Waals surface area contributed by atoms with Crippen LogP contribution in [0.25, 0.3) is 0 Å². The van der Waals surface area contributed by atoms with Gasteiger partial charge in [-0.05, 0) is 13.0 Å². The molecule has 1 N–H and O–H groups in total. The minimum Gasteiger partial charge on any atom is -0.381 e. The van der Waals surface area contributed by atoms with Crippen LogP contribution in [0.2, 0.25) is 0 Å². The fourth-order valence-corrected chi connectivity index (χ4v) is 2.40. The Bertz CT molecular complexity index is 283. The first-order valence-corrected chi connectivity index (χ1v) is 5.82.